The molecule has 0 aliphatic carbocycles. The van der Waals surface area contributed by atoms with Gasteiger partial charge in [0.1, 0.15) is 5.82 Å². The number of hydrogen-bond donors (Lipinski definition) is 2. The zero-order chi connectivity index (χ0) is 16.9. The zero-order valence-electron chi connectivity index (χ0n) is 13.8. The van der Waals surface area contributed by atoms with Crippen LogP contribution in [-0.4, -0.2) is 21.1 Å². The van der Waals surface area contributed by atoms with Crippen LogP contribution in [0.25, 0.3) is 0 Å². The molecule has 122 valence electrons. The Morgan fingerprint density at radius 2 is 1.88 bits per heavy atom. The van der Waals surface area contributed by atoms with E-state index in [-0.39, 0.29) is 12.3 Å². The van der Waals surface area contributed by atoms with Gasteiger partial charge < -0.3 is 5.32 Å². The van der Waals surface area contributed by atoms with E-state index in [1.54, 1.807) is 0 Å². The van der Waals surface area contributed by atoms with Gasteiger partial charge in [-0.2, -0.15) is 5.10 Å². The average Bonchev–Trinajstić information content (AvgIpc) is 2.99. The fourth-order valence-electron chi connectivity index (χ4n) is 2.51. The molecule has 0 saturated heterocycles. The predicted molar refractivity (Wildman–Crippen MR) is 93.9 cm³/mol. The molecule has 3 rings (SSSR count). The van der Waals surface area contributed by atoms with Crippen LogP contribution in [0.1, 0.15) is 28.3 Å². The summed E-state index contributed by atoms with van der Waals surface area (Å²) >= 11 is 0. The number of nitrogens with zero attached hydrogens (tertiary/aromatic N) is 2. The molecule has 0 aliphatic rings. The number of anilines is 1. The van der Waals surface area contributed by atoms with Crippen LogP contribution in [0, 0.1) is 13.8 Å². The second-order valence-corrected chi connectivity index (χ2v) is 5.83. The highest BCUT2D eigenvalue weighted by atomic mass is 16.1. The summed E-state index contributed by atoms with van der Waals surface area (Å²) in [6, 6.07) is 15.9. The number of aromatic amines is 1. The Bertz CT molecular complexity index is 840. The van der Waals surface area contributed by atoms with Crippen LogP contribution >= 0.6 is 0 Å². The Hall–Kier alpha value is -2.95. The molecule has 0 unspecified atom stereocenters. The number of hydrogen-bond acceptors (Lipinski definition) is 3. The van der Waals surface area contributed by atoms with Gasteiger partial charge in [0, 0.05) is 12.1 Å². The third-order valence-corrected chi connectivity index (χ3v) is 3.99. The molecule has 1 heterocycles. The van der Waals surface area contributed by atoms with E-state index in [1.165, 1.54) is 0 Å². The van der Waals surface area contributed by atoms with Crippen LogP contribution in [-0.2, 0) is 17.6 Å². The van der Waals surface area contributed by atoms with Crippen LogP contribution in [0.5, 0.6) is 0 Å². The van der Waals surface area contributed by atoms with Gasteiger partial charge in [0.15, 0.2) is 5.82 Å². The van der Waals surface area contributed by atoms with Gasteiger partial charge in [0.05, 0.1) is 6.42 Å². The number of H-pyrrole nitrogens is 1. The SMILES string of the molecule is Cc1cccc(NC(=O)Cc2n[nH]c(Cc3ccccc3)n2)c1C. The molecule has 5 heteroatoms. The van der Waals surface area contributed by atoms with Crippen molar-refractivity contribution < 1.29 is 4.79 Å². The molecule has 0 fully saturated rings. The fourth-order valence-corrected chi connectivity index (χ4v) is 2.51. The van der Waals surface area contributed by atoms with E-state index >= 15 is 0 Å². The number of aryl methyl sites for hydroxylation is 1. The second-order valence-electron chi connectivity index (χ2n) is 5.83. The van der Waals surface area contributed by atoms with Gasteiger partial charge in [-0.05, 0) is 36.6 Å². The smallest absolute Gasteiger partial charge is 0.232 e. The molecule has 1 aromatic heterocycles. The van der Waals surface area contributed by atoms with Crippen LogP contribution < -0.4 is 5.32 Å². The van der Waals surface area contributed by atoms with Crippen molar-refractivity contribution in [3.63, 3.8) is 0 Å². The maximum absolute atomic E-state index is 12.2. The highest BCUT2D eigenvalue weighted by Gasteiger charge is 2.11. The van der Waals surface area contributed by atoms with Crippen LogP contribution in [0.4, 0.5) is 5.69 Å². The molecule has 0 saturated carbocycles. The molecule has 5 nitrogen and oxygen atoms in total. The fraction of sp³-hybridized carbons (Fsp3) is 0.211. The van der Waals surface area contributed by atoms with Crippen LogP contribution in [0.3, 0.4) is 0 Å². The van der Waals surface area contributed by atoms with E-state index in [2.05, 4.69) is 20.5 Å². The van der Waals surface area contributed by atoms with Crippen molar-refractivity contribution >= 4 is 11.6 Å². The first-order chi connectivity index (χ1) is 11.6. The van der Waals surface area contributed by atoms with Gasteiger partial charge in [0.25, 0.3) is 0 Å². The van der Waals surface area contributed by atoms with E-state index in [0.29, 0.717) is 12.2 Å². The van der Waals surface area contributed by atoms with Crippen molar-refractivity contribution in [2.45, 2.75) is 26.7 Å². The molecule has 0 spiro atoms. The zero-order valence-corrected chi connectivity index (χ0v) is 13.8. The summed E-state index contributed by atoms with van der Waals surface area (Å²) in [7, 11) is 0. The van der Waals surface area contributed by atoms with Gasteiger partial charge in [-0.25, -0.2) is 4.98 Å². The first-order valence-electron chi connectivity index (χ1n) is 7.92. The third-order valence-electron chi connectivity index (χ3n) is 3.99. The summed E-state index contributed by atoms with van der Waals surface area (Å²) in [5.74, 6) is 1.15. The molecular formula is C19H20N4O. The molecule has 0 radical (unpaired) electrons. The average molecular weight is 320 g/mol. The predicted octanol–water partition coefficient (Wildman–Crippen LogP) is 3.19. The summed E-state index contributed by atoms with van der Waals surface area (Å²) in [6.45, 7) is 4.02. The number of carbonyl (C=O) groups excluding carboxylic acids is 1. The van der Waals surface area contributed by atoms with Gasteiger partial charge in [-0.1, -0.05) is 42.5 Å². The molecule has 0 aliphatic heterocycles. The van der Waals surface area contributed by atoms with Crippen LogP contribution in [0.2, 0.25) is 0 Å². The highest BCUT2D eigenvalue weighted by Crippen LogP contribution is 2.18. The minimum absolute atomic E-state index is 0.117. The largest absolute Gasteiger partial charge is 0.325 e. The summed E-state index contributed by atoms with van der Waals surface area (Å²) in [4.78, 5) is 16.6. The maximum atomic E-state index is 12.2. The van der Waals surface area contributed by atoms with Gasteiger partial charge in [-0.3, -0.25) is 9.89 Å². The maximum Gasteiger partial charge on any atom is 0.232 e. The number of benzene rings is 2. The van der Waals surface area contributed by atoms with E-state index in [9.17, 15) is 4.79 Å². The van der Waals surface area contributed by atoms with Gasteiger partial charge in [0.2, 0.25) is 5.91 Å². The van der Waals surface area contributed by atoms with Crippen molar-refractivity contribution in [1.29, 1.82) is 0 Å². The Morgan fingerprint density at radius 1 is 1.08 bits per heavy atom. The molecule has 2 aromatic carbocycles. The standard InChI is InChI=1S/C19H20N4O/c1-13-7-6-10-16(14(13)2)20-19(24)12-18-21-17(22-23-18)11-15-8-4-3-5-9-15/h3-10H,11-12H2,1-2H3,(H,20,24)(H,21,22,23). The minimum atomic E-state index is -0.117. The topological polar surface area (TPSA) is 70.7 Å². The van der Waals surface area contributed by atoms with Gasteiger partial charge in [-0.15, -0.1) is 0 Å². The van der Waals surface area contributed by atoms with Gasteiger partial charge >= 0.3 is 0 Å². The molecular weight excluding hydrogens is 300 g/mol. The van der Waals surface area contributed by atoms with E-state index in [1.807, 2.05) is 62.4 Å². The van der Waals surface area contributed by atoms with Crippen molar-refractivity contribution in [1.82, 2.24) is 15.2 Å². The summed E-state index contributed by atoms with van der Waals surface area (Å²) in [6.07, 6.45) is 0.825. The van der Waals surface area contributed by atoms with Crippen molar-refractivity contribution in [3.8, 4) is 0 Å². The normalized spacial score (nSPS) is 10.6. The molecule has 0 atom stereocenters. The number of aromatic nitrogens is 3. The summed E-state index contributed by atoms with van der Waals surface area (Å²) in [5.41, 5.74) is 4.21. The first-order valence-corrected chi connectivity index (χ1v) is 7.92. The summed E-state index contributed by atoms with van der Waals surface area (Å²) in [5, 5.41) is 9.97. The number of nitrogens with one attached hydrogen (secondary N) is 2. The van der Waals surface area contributed by atoms with E-state index < -0.39 is 0 Å². The summed E-state index contributed by atoms with van der Waals surface area (Å²) < 4.78 is 0. The monoisotopic (exact) mass is 320 g/mol. The molecule has 0 bridgehead atoms. The van der Waals surface area contributed by atoms with Crippen molar-refractivity contribution in [2.24, 2.45) is 0 Å². The highest BCUT2D eigenvalue weighted by molar-refractivity contribution is 5.92. The number of carbonyl (C=O) groups is 1. The first kappa shape index (κ1) is 15.9. The Morgan fingerprint density at radius 3 is 2.67 bits per heavy atom. The van der Waals surface area contributed by atoms with Crippen LogP contribution in [0.15, 0.2) is 48.5 Å². The number of rotatable bonds is 5. The minimum Gasteiger partial charge on any atom is -0.325 e. The number of amides is 1. The lowest BCUT2D eigenvalue weighted by Gasteiger charge is -2.09. The molecule has 3 aromatic rings. The quantitative estimate of drug-likeness (QED) is 0.758. The third kappa shape index (κ3) is 3.87. The van der Waals surface area contributed by atoms with E-state index in [0.717, 1.165) is 28.2 Å². The van der Waals surface area contributed by atoms with Crippen molar-refractivity contribution in [3.05, 3.63) is 76.9 Å². The molecule has 24 heavy (non-hydrogen) atoms. The lowest BCUT2D eigenvalue weighted by Crippen LogP contribution is -2.16. The van der Waals surface area contributed by atoms with E-state index in [4.69, 9.17) is 0 Å². The second kappa shape index (κ2) is 7.08. The molecule has 2 N–H and O–H groups in total. The Kier molecular flexibility index (Phi) is 4.70. The Balaban J connectivity index is 1.62. The Labute approximate surface area is 141 Å². The molecule has 1 amide bonds. The lowest BCUT2D eigenvalue weighted by atomic mass is 10.1. The van der Waals surface area contributed by atoms with Crippen molar-refractivity contribution in [2.75, 3.05) is 5.32 Å². The lowest BCUT2D eigenvalue weighted by molar-refractivity contribution is -0.115.